The summed E-state index contributed by atoms with van der Waals surface area (Å²) in [6, 6.07) is 18.5. The van der Waals surface area contributed by atoms with Crippen LogP contribution in [0.25, 0.3) is 6.08 Å². The standard InChI is InChI=1S/C28H26BrN3O3/c1-17-8-9-19(3)25(12-17)31-27(33)16-35-26-11-10-23(29)14-21(26)13-22(15-30)28(34)32-24-7-5-6-18(2)20(24)4/h5-14H,16H2,1-4H3,(H,31,33)(H,32,34)/b22-13-. The first-order valence-corrected chi connectivity index (χ1v) is 11.8. The number of nitriles is 1. The molecule has 0 saturated heterocycles. The molecule has 0 bridgehead atoms. The summed E-state index contributed by atoms with van der Waals surface area (Å²) in [6.45, 7) is 7.50. The van der Waals surface area contributed by atoms with Crippen LogP contribution in [-0.4, -0.2) is 18.4 Å². The fourth-order valence-corrected chi connectivity index (χ4v) is 3.72. The molecule has 0 spiro atoms. The van der Waals surface area contributed by atoms with Crippen LogP contribution in [0.5, 0.6) is 5.75 Å². The Balaban J connectivity index is 1.78. The molecule has 178 valence electrons. The maximum Gasteiger partial charge on any atom is 0.266 e. The number of nitrogens with zero attached hydrogens (tertiary/aromatic N) is 1. The van der Waals surface area contributed by atoms with E-state index in [-0.39, 0.29) is 18.1 Å². The van der Waals surface area contributed by atoms with Gasteiger partial charge in [0.1, 0.15) is 17.4 Å². The van der Waals surface area contributed by atoms with Crippen molar-refractivity contribution < 1.29 is 14.3 Å². The van der Waals surface area contributed by atoms with Gasteiger partial charge < -0.3 is 15.4 Å². The summed E-state index contributed by atoms with van der Waals surface area (Å²) in [4.78, 5) is 25.3. The van der Waals surface area contributed by atoms with Gasteiger partial charge in [-0.15, -0.1) is 0 Å². The molecular weight excluding hydrogens is 506 g/mol. The van der Waals surface area contributed by atoms with E-state index >= 15 is 0 Å². The first-order chi connectivity index (χ1) is 16.7. The minimum absolute atomic E-state index is 0.0892. The summed E-state index contributed by atoms with van der Waals surface area (Å²) in [7, 11) is 0. The SMILES string of the molecule is Cc1ccc(C)c(NC(=O)COc2ccc(Br)cc2/C=C(/C#N)C(=O)Nc2cccc(C)c2C)c1. The van der Waals surface area contributed by atoms with Crippen molar-refractivity contribution in [3.8, 4) is 11.8 Å². The third-order valence-corrected chi connectivity index (χ3v) is 6.01. The van der Waals surface area contributed by atoms with Gasteiger partial charge in [-0.2, -0.15) is 5.26 Å². The van der Waals surface area contributed by atoms with Crippen molar-refractivity contribution in [2.45, 2.75) is 27.7 Å². The van der Waals surface area contributed by atoms with E-state index in [1.54, 1.807) is 24.3 Å². The fraction of sp³-hybridized carbons (Fsp3) is 0.179. The largest absolute Gasteiger partial charge is 0.483 e. The second kappa shape index (κ2) is 11.5. The Morgan fingerprint density at radius 3 is 2.49 bits per heavy atom. The van der Waals surface area contributed by atoms with E-state index in [2.05, 4.69) is 26.6 Å². The van der Waals surface area contributed by atoms with Gasteiger partial charge in [0.2, 0.25) is 0 Å². The van der Waals surface area contributed by atoms with Crippen LogP contribution in [0.1, 0.15) is 27.8 Å². The van der Waals surface area contributed by atoms with Crippen LogP contribution in [0.4, 0.5) is 11.4 Å². The van der Waals surface area contributed by atoms with Crippen molar-refractivity contribution in [3.63, 3.8) is 0 Å². The highest BCUT2D eigenvalue weighted by Gasteiger charge is 2.14. The second-order valence-corrected chi connectivity index (χ2v) is 9.12. The molecule has 0 aliphatic carbocycles. The number of aryl methyl sites for hydroxylation is 3. The summed E-state index contributed by atoms with van der Waals surface area (Å²) in [5, 5.41) is 15.3. The van der Waals surface area contributed by atoms with Crippen LogP contribution >= 0.6 is 15.9 Å². The lowest BCUT2D eigenvalue weighted by molar-refractivity contribution is -0.118. The van der Waals surface area contributed by atoms with Gasteiger partial charge in [-0.3, -0.25) is 9.59 Å². The van der Waals surface area contributed by atoms with Crippen LogP contribution < -0.4 is 15.4 Å². The predicted octanol–water partition coefficient (Wildman–Crippen LogP) is 6.25. The molecule has 0 atom stereocenters. The molecule has 35 heavy (non-hydrogen) atoms. The van der Waals surface area contributed by atoms with E-state index in [1.807, 2.05) is 64.1 Å². The molecular formula is C28H26BrN3O3. The van der Waals surface area contributed by atoms with Gasteiger partial charge in [-0.1, -0.05) is 40.2 Å². The number of hydrogen-bond donors (Lipinski definition) is 2. The van der Waals surface area contributed by atoms with E-state index in [9.17, 15) is 14.9 Å². The van der Waals surface area contributed by atoms with Gasteiger partial charge >= 0.3 is 0 Å². The van der Waals surface area contributed by atoms with E-state index in [0.717, 1.165) is 32.4 Å². The van der Waals surface area contributed by atoms with E-state index in [0.29, 0.717) is 17.0 Å². The summed E-state index contributed by atoms with van der Waals surface area (Å²) >= 11 is 3.41. The molecule has 0 aliphatic rings. The minimum atomic E-state index is -0.528. The lowest BCUT2D eigenvalue weighted by Crippen LogP contribution is -2.21. The van der Waals surface area contributed by atoms with Crippen LogP contribution in [0.15, 0.2) is 64.6 Å². The number of rotatable bonds is 7. The summed E-state index contributed by atoms with van der Waals surface area (Å²) in [5.74, 6) is -0.471. The number of ether oxygens (including phenoxy) is 1. The zero-order valence-corrected chi connectivity index (χ0v) is 21.6. The van der Waals surface area contributed by atoms with Gasteiger partial charge in [0, 0.05) is 21.4 Å². The number of carbonyl (C=O) groups is 2. The normalized spacial score (nSPS) is 10.9. The first kappa shape index (κ1) is 25.7. The molecule has 0 aliphatic heterocycles. The molecule has 0 unspecified atom stereocenters. The average Bonchev–Trinajstić information content (AvgIpc) is 2.82. The number of halogens is 1. The van der Waals surface area contributed by atoms with Gasteiger partial charge in [-0.25, -0.2) is 0 Å². The predicted molar refractivity (Wildman–Crippen MR) is 142 cm³/mol. The summed E-state index contributed by atoms with van der Waals surface area (Å²) in [6.07, 6.45) is 1.45. The smallest absolute Gasteiger partial charge is 0.266 e. The molecule has 6 nitrogen and oxygen atoms in total. The van der Waals surface area contributed by atoms with Crippen molar-refractivity contribution in [1.29, 1.82) is 5.26 Å². The van der Waals surface area contributed by atoms with E-state index in [4.69, 9.17) is 4.74 Å². The quantitative estimate of drug-likeness (QED) is 0.278. The number of hydrogen-bond acceptors (Lipinski definition) is 4. The second-order valence-electron chi connectivity index (χ2n) is 8.21. The van der Waals surface area contributed by atoms with Crippen LogP contribution in [0, 0.1) is 39.0 Å². The molecule has 2 N–H and O–H groups in total. The lowest BCUT2D eigenvalue weighted by atomic mass is 10.1. The van der Waals surface area contributed by atoms with Crippen molar-refractivity contribution >= 4 is 45.2 Å². The molecule has 2 amide bonds. The number of amides is 2. The first-order valence-electron chi connectivity index (χ1n) is 11.0. The van der Waals surface area contributed by atoms with E-state index < -0.39 is 5.91 Å². The number of nitrogens with one attached hydrogen (secondary N) is 2. The van der Waals surface area contributed by atoms with Gasteiger partial charge in [0.25, 0.3) is 11.8 Å². The van der Waals surface area contributed by atoms with Crippen LogP contribution in [0.2, 0.25) is 0 Å². The summed E-state index contributed by atoms with van der Waals surface area (Å²) < 4.78 is 6.49. The molecule has 3 rings (SSSR count). The molecule has 0 heterocycles. The molecule has 0 aromatic heterocycles. The monoisotopic (exact) mass is 531 g/mol. The van der Waals surface area contributed by atoms with Gasteiger partial charge in [0.15, 0.2) is 6.61 Å². The maximum atomic E-state index is 12.8. The maximum absolute atomic E-state index is 12.8. The fourth-order valence-electron chi connectivity index (χ4n) is 3.34. The highest BCUT2D eigenvalue weighted by Crippen LogP contribution is 2.27. The van der Waals surface area contributed by atoms with Crippen molar-refractivity contribution in [1.82, 2.24) is 0 Å². The highest BCUT2D eigenvalue weighted by molar-refractivity contribution is 9.10. The van der Waals surface area contributed by atoms with E-state index in [1.165, 1.54) is 6.08 Å². The number of benzene rings is 3. The Bertz CT molecular complexity index is 1360. The zero-order chi connectivity index (χ0) is 25.5. The zero-order valence-electron chi connectivity index (χ0n) is 20.0. The lowest BCUT2D eigenvalue weighted by Gasteiger charge is -2.13. The number of anilines is 2. The van der Waals surface area contributed by atoms with Crippen LogP contribution in [-0.2, 0) is 9.59 Å². The third kappa shape index (κ3) is 6.81. The average molecular weight is 532 g/mol. The molecule has 3 aromatic carbocycles. The molecule has 3 aromatic rings. The summed E-state index contributed by atoms with van der Waals surface area (Å²) in [5.41, 5.74) is 5.72. The van der Waals surface area contributed by atoms with Crippen molar-refractivity contribution in [2.24, 2.45) is 0 Å². The Labute approximate surface area is 213 Å². The Morgan fingerprint density at radius 2 is 1.74 bits per heavy atom. The Morgan fingerprint density at radius 1 is 0.971 bits per heavy atom. The molecule has 0 saturated carbocycles. The Hall–Kier alpha value is -3.89. The molecule has 0 radical (unpaired) electrons. The minimum Gasteiger partial charge on any atom is -0.483 e. The number of carbonyl (C=O) groups excluding carboxylic acids is 2. The van der Waals surface area contributed by atoms with Crippen molar-refractivity contribution in [3.05, 3.63) is 92.5 Å². The Kier molecular flexibility index (Phi) is 8.45. The van der Waals surface area contributed by atoms with Gasteiger partial charge in [-0.05, 0) is 86.4 Å². The van der Waals surface area contributed by atoms with Crippen molar-refractivity contribution in [2.75, 3.05) is 17.2 Å². The van der Waals surface area contributed by atoms with Gasteiger partial charge in [0.05, 0.1) is 0 Å². The molecule has 0 fully saturated rings. The molecule has 7 heteroatoms. The topological polar surface area (TPSA) is 91.2 Å². The van der Waals surface area contributed by atoms with Crippen LogP contribution in [0.3, 0.4) is 0 Å². The third-order valence-electron chi connectivity index (χ3n) is 5.52. The highest BCUT2D eigenvalue weighted by atomic mass is 79.9.